The molecule has 0 aliphatic heterocycles. The Labute approximate surface area is 204 Å². The van der Waals surface area contributed by atoms with Gasteiger partial charge in [-0.15, -0.1) is 0 Å². The Bertz CT molecular complexity index is 853. The van der Waals surface area contributed by atoms with Crippen molar-refractivity contribution in [2.45, 2.75) is 98.8 Å². The predicted molar refractivity (Wildman–Crippen MR) is 149 cm³/mol. The summed E-state index contributed by atoms with van der Waals surface area (Å²) in [6.45, 7) is 22.5. The highest BCUT2D eigenvalue weighted by Crippen LogP contribution is 2.27. The summed E-state index contributed by atoms with van der Waals surface area (Å²) in [5.41, 5.74) is 9.83. The highest BCUT2D eigenvalue weighted by atomic mass is 14.1. The molecule has 0 bridgehead atoms. The Hall–Kier alpha value is -2.34. The minimum Gasteiger partial charge on any atom is -0.0587 e. The quantitative estimate of drug-likeness (QED) is 0.356. The highest BCUT2D eigenvalue weighted by molar-refractivity contribution is 5.64. The van der Waals surface area contributed by atoms with Gasteiger partial charge in [0.05, 0.1) is 0 Å². The fourth-order valence-electron chi connectivity index (χ4n) is 3.82. The third-order valence-electron chi connectivity index (χ3n) is 6.49. The van der Waals surface area contributed by atoms with E-state index < -0.39 is 0 Å². The molecule has 0 aromatic heterocycles. The highest BCUT2D eigenvalue weighted by Gasteiger charge is 2.09. The summed E-state index contributed by atoms with van der Waals surface area (Å²) in [5.74, 6) is 3.08. The van der Waals surface area contributed by atoms with Gasteiger partial charge < -0.3 is 0 Å². The predicted octanol–water partition coefficient (Wildman–Crippen LogP) is 10.7. The Morgan fingerprint density at radius 2 is 0.515 bits per heavy atom. The largest absolute Gasteiger partial charge is 0.0587 e. The van der Waals surface area contributed by atoms with Crippen LogP contribution in [-0.2, 0) is 0 Å². The van der Waals surface area contributed by atoms with Crippen LogP contribution in [0.5, 0.6) is 0 Å². The molecule has 178 valence electrons. The van der Waals surface area contributed by atoms with Crippen LogP contribution in [0, 0.1) is 0 Å². The van der Waals surface area contributed by atoms with Crippen LogP contribution in [-0.4, -0.2) is 0 Å². The van der Waals surface area contributed by atoms with Crippen LogP contribution in [0.3, 0.4) is 0 Å². The van der Waals surface area contributed by atoms with Crippen LogP contribution >= 0.6 is 0 Å². The third kappa shape index (κ3) is 7.88. The van der Waals surface area contributed by atoms with Crippen LogP contribution in [0.4, 0.5) is 0 Å². The maximum Gasteiger partial charge on any atom is -0.0184 e. The number of hydrogen-bond acceptors (Lipinski definition) is 0. The molecular formula is C33H46. The monoisotopic (exact) mass is 442 g/mol. The van der Waals surface area contributed by atoms with Crippen molar-refractivity contribution in [3.8, 4) is 11.1 Å². The average Bonchev–Trinajstić information content (AvgIpc) is 2.79. The van der Waals surface area contributed by atoms with E-state index in [1.165, 1.54) is 38.9 Å². The second-order valence-corrected chi connectivity index (χ2v) is 11.0. The van der Waals surface area contributed by atoms with Crippen molar-refractivity contribution in [1.82, 2.24) is 0 Å². The van der Waals surface area contributed by atoms with Crippen molar-refractivity contribution < 1.29 is 0 Å². The molecule has 0 aliphatic carbocycles. The van der Waals surface area contributed by atoms with Gasteiger partial charge >= 0.3 is 0 Å². The zero-order valence-electron chi connectivity index (χ0n) is 22.7. The Balaban J connectivity index is 0.000000238. The molecule has 0 spiro atoms. The van der Waals surface area contributed by atoms with Gasteiger partial charge in [-0.2, -0.15) is 0 Å². The van der Waals surface area contributed by atoms with Gasteiger partial charge in [0.1, 0.15) is 0 Å². The average molecular weight is 443 g/mol. The topological polar surface area (TPSA) is 0 Å². The van der Waals surface area contributed by atoms with Crippen molar-refractivity contribution in [3.63, 3.8) is 0 Å². The van der Waals surface area contributed by atoms with E-state index in [4.69, 9.17) is 0 Å². The van der Waals surface area contributed by atoms with Gasteiger partial charge in [0, 0.05) is 0 Å². The van der Waals surface area contributed by atoms with E-state index >= 15 is 0 Å². The number of benzene rings is 3. The molecule has 0 fully saturated rings. The normalized spacial score (nSPS) is 11.5. The standard InChI is InChI=1S/C18H22.C15H24/c1-13(2)15-5-9-17(10-6-15)18-11-7-16(8-12-18)14(3)4;1-10(2)13-7-14(11(3)4)9-15(8-13)12(5)6/h5-14H,1-4H3;7-12H,1-6H3. The summed E-state index contributed by atoms with van der Waals surface area (Å²) in [6, 6.07) is 24.9. The zero-order chi connectivity index (χ0) is 24.7. The molecule has 0 aliphatic rings. The van der Waals surface area contributed by atoms with Gasteiger partial charge in [-0.05, 0) is 68.5 Å². The van der Waals surface area contributed by atoms with E-state index in [0.29, 0.717) is 29.6 Å². The van der Waals surface area contributed by atoms with Crippen molar-refractivity contribution in [3.05, 3.63) is 94.5 Å². The molecule has 0 nitrogen and oxygen atoms in total. The first-order valence-electron chi connectivity index (χ1n) is 12.8. The first kappa shape index (κ1) is 26.9. The van der Waals surface area contributed by atoms with Crippen LogP contribution in [0.2, 0.25) is 0 Å². The molecule has 33 heavy (non-hydrogen) atoms. The van der Waals surface area contributed by atoms with Crippen molar-refractivity contribution in [1.29, 1.82) is 0 Å². The minimum absolute atomic E-state index is 0.599. The summed E-state index contributed by atoms with van der Waals surface area (Å²) in [4.78, 5) is 0. The van der Waals surface area contributed by atoms with Gasteiger partial charge in [0.2, 0.25) is 0 Å². The maximum absolute atomic E-state index is 2.36. The molecule has 0 unspecified atom stereocenters. The first-order valence-corrected chi connectivity index (χ1v) is 12.8. The van der Waals surface area contributed by atoms with E-state index in [-0.39, 0.29) is 0 Å². The molecular weight excluding hydrogens is 396 g/mol. The van der Waals surface area contributed by atoms with Crippen LogP contribution in [0.25, 0.3) is 11.1 Å². The van der Waals surface area contributed by atoms with E-state index in [0.717, 1.165) is 0 Å². The van der Waals surface area contributed by atoms with Crippen molar-refractivity contribution >= 4 is 0 Å². The summed E-state index contributed by atoms with van der Waals surface area (Å²) in [5, 5.41) is 0. The second kappa shape index (κ2) is 12.2. The summed E-state index contributed by atoms with van der Waals surface area (Å²) < 4.78 is 0. The Morgan fingerprint density at radius 1 is 0.303 bits per heavy atom. The molecule has 0 atom stereocenters. The number of hydrogen-bond donors (Lipinski definition) is 0. The lowest BCUT2D eigenvalue weighted by Gasteiger charge is -2.16. The lowest BCUT2D eigenvalue weighted by Crippen LogP contribution is -1.98. The number of rotatable bonds is 6. The zero-order valence-corrected chi connectivity index (χ0v) is 22.7. The third-order valence-corrected chi connectivity index (χ3v) is 6.49. The fraction of sp³-hybridized carbons (Fsp3) is 0.455. The molecule has 0 saturated heterocycles. The van der Waals surface area contributed by atoms with Gasteiger partial charge in [-0.1, -0.05) is 136 Å². The molecule has 0 saturated carbocycles. The van der Waals surface area contributed by atoms with Gasteiger partial charge in [0.15, 0.2) is 0 Å². The van der Waals surface area contributed by atoms with Gasteiger partial charge in [0.25, 0.3) is 0 Å². The smallest absolute Gasteiger partial charge is 0.0184 e. The summed E-state index contributed by atoms with van der Waals surface area (Å²) >= 11 is 0. The Morgan fingerprint density at radius 3 is 0.697 bits per heavy atom. The first-order chi connectivity index (χ1) is 15.5. The van der Waals surface area contributed by atoms with Crippen LogP contribution in [0.15, 0.2) is 66.7 Å². The summed E-state index contributed by atoms with van der Waals surface area (Å²) in [6.07, 6.45) is 0. The van der Waals surface area contributed by atoms with Gasteiger partial charge in [-0.25, -0.2) is 0 Å². The SMILES string of the molecule is CC(C)c1cc(C(C)C)cc(C(C)C)c1.CC(C)c1ccc(-c2ccc(C(C)C)cc2)cc1. The molecule has 0 amide bonds. The van der Waals surface area contributed by atoms with Crippen molar-refractivity contribution in [2.75, 3.05) is 0 Å². The van der Waals surface area contributed by atoms with Crippen molar-refractivity contribution in [2.24, 2.45) is 0 Å². The molecule has 0 heterocycles. The Kier molecular flexibility index (Phi) is 9.96. The van der Waals surface area contributed by atoms with E-state index in [1.807, 2.05) is 0 Å². The van der Waals surface area contributed by atoms with E-state index in [2.05, 4.69) is 136 Å². The lowest BCUT2D eigenvalue weighted by molar-refractivity contribution is 0.804. The van der Waals surface area contributed by atoms with Crippen LogP contribution < -0.4 is 0 Å². The fourth-order valence-corrected chi connectivity index (χ4v) is 3.82. The second-order valence-electron chi connectivity index (χ2n) is 11.0. The van der Waals surface area contributed by atoms with Crippen LogP contribution in [0.1, 0.15) is 127 Å². The molecule has 3 aromatic rings. The molecule has 0 radical (unpaired) electrons. The minimum atomic E-state index is 0.599. The van der Waals surface area contributed by atoms with Gasteiger partial charge in [-0.3, -0.25) is 0 Å². The molecule has 0 heteroatoms. The maximum atomic E-state index is 2.36. The lowest BCUT2D eigenvalue weighted by atomic mass is 9.90. The molecule has 3 aromatic carbocycles. The van der Waals surface area contributed by atoms with E-state index in [1.54, 1.807) is 0 Å². The summed E-state index contributed by atoms with van der Waals surface area (Å²) in [7, 11) is 0. The molecule has 3 rings (SSSR count). The van der Waals surface area contributed by atoms with E-state index in [9.17, 15) is 0 Å². The molecule has 0 N–H and O–H groups in total.